The quantitative estimate of drug-likeness (QED) is 0.602. The normalized spacial score (nSPS) is 12.0. The second-order valence-corrected chi connectivity index (χ2v) is 1.73. The maximum Gasteiger partial charge on any atom is 0.329 e. The molecule has 1 unspecified atom stereocenters. The molecule has 0 spiro atoms. The summed E-state index contributed by atoms with van der Waals surface area (Å²) in [5, 5.41) is 16.2. The number of hydrogen-bond acceptors (Lipinski definition) is 3. The molecule has 0 amide bonds. The topological polar surface area (TPSA) is 70.3 Å². The zero-order valence-electron chi connectivity index (χ0n) is 5.41. The predicted octanol–water partition coefficient (Wildman–Crippen LogP) is 0.0615. The van der Waals surface area contributed by atoms with Crippen LogP contribution >= 0.6 is 0 Å². The van der Waals surface area contributed by atoms with Crippen molar-refractivity contribution in [2.75, 3.05) is 13.2 Å². The van der Waals surface area contributed by atoms with E-state index in [0.29, 0.717) is 0 Å². The van der Waals surface area contributed by atoms with Gasteiger partial charge in [0.1, 0.15) is 6.61 Å². The Bertz CT molecular complexity index is 150. The molecule has 0 aliphatic rings. The summed E-state index contributed by atoms with van der Waals surface area (Å²) in [6.07, 6.45) is 0. The van der Waals surface area contributed by atoms with Crippen LogP contribution in [0.2, 0.25) is 0 Å². The van der Waals surface area contributed by atoms with Crippen LogP contribution in [0.5, 0.6) is 0 Å². The average molecular weight is 142 g/mol. The van der Waals surface area contributed by atoms with E-state index < -0.39 is 11.9 Å². The van der Waals surface area contributed by atoms with Gasteiger partial charge in [-0.15, -0.1) is 0 Å². The lowest BCUT2D eigenvalue weighted by atomic mass is 10.2. The van der Waals surface area contributed by atoms with Crippen molar-refractivity contribution in [3.05, 3.63) is 6.92 Å². The highest BCUT2D eigenvalue weighted by Gasteiger charge is 2.01. The molecule has 0 saturated carbocycles. The summed E-state index contributed by atoms with van der Waals surface area (Å²) < 4.78 is 4.56. The zero-order chi connectivity index (χ0) is 7.98. The second-order valence-electron chi connectivity index (χ2n) is 1.73. The van der Waals surface area contributed by atoms with Gasteiger partial charge in [0.15, 0.2) is 0 Å². The molecule has 1 radical (unpaired) electrons. The third-order valence-electron chi connectivity index (χ3n) is 0.727. The first-order valence-corrected chi connectivity index (χ1v) is 2.69. The Morgan fingerprint density at radius 1 is 1.90 bits per heavy atom. The van der Waals surface area contributed by atoms with E-state index in [1.165, 1.54) is 0 Å². The Morgan fingerprint density at radius 3 is 2.90 bits per heavy atom. The third-order valence-corrected chi connectivity index (χ3v) is 0.727. The van der Waals surface area contributed by atoms with Gasteiger partial charge >= 0.3 is 5.97 Å². The number of ether oxygens (including phenoxy) is 1. The van der Waals surface area contributed by atoms with E-state index in [1.54, 1.807) is 0 Å². The van der Waals surface area contributed by atoms with Crippen LogP contribution < -0.4 is 0 Å². The fraction of sp³-hybridized carbons (Fsp3) is 0.500. The molecule has 1 N–H and O–H groups in total. The SMILES string of the molecule is [CH2]C(C#N)COCC(=O)O. The molecule has 4 nitrogen and oxygen atoms in total. The van der Waals surface area contributed by atoms with Gasteiger partial charge in [0.25, 0.3) is 0 Å². The highest BCUT2D eigenvalue weighted by atomic mass is 16.5. The summed E-state index contributed by atoms with van der Waals surface area (Å²) in [4.78, 5) is 9.84. The molecule has 0 aromatic carbocycles. The second kappa shape index (κ2) is 4.77. The predicted molar refractivity (Wildman–Crippen MR) is 32.9 cm³/mol. The summed E-state index contributed by atoms with van der Waals surface area (Å²) in [6.45, 7) is 3.08. The number of carboxylic acids is 1. The Hall–Kier alpha value is -1.08. The number of carbonyl (C=O) groups is 1. The van der Waals surface area contributed by atoms with E-state index in [9.17, 15) is 4.79 Å². The van der Waals surface area contributed by atoms with Crippen molar-refractivity contribution in [2.45, 2.75) is 0 Å². The van der Waals surface area contributed by atoms with Gasteiger partial charge in [-0.1, -0.05) is 0 Å². The summed E-state index contributed by atoms with van der Waals surface area (Å²) in [5.41, 5.74) is 0. The Kier molecular flexibility index (Phi) is 4.25. The van der Waals surface area contributed by atoms with Crippen molar-refractivity contribution in [3.63, 3.8) is 0 Å². The van der Waals surface area contributed by atoms with Crippen molar-refractivity contribution in [1.82, 2.24) is 0 Å². The Morgan fingerprint density at radius 2 is 2.50 bits per heavy atom. The van der Waals surface area contributed by atoms with E-state index >= 15 is 0 Å². The van der Waals surface area contributed by atoms with Crippen LogP contribution in [0, 0.1) is 24.2 Å². The highest BCUT2D eigenvalue weighted by Crippen LogP contribution is 1.90. The standard InChI is InChI=1S/C6H8NO3/c1-5(2-7)3-10-4-6(8)9/h5H,1,3-4H2,(H,8,9). The molecule has 0 heterocycles. The maximum absolute atomic E-state index is 9.84. The molecular weight excluding hydrogens is 134 g/mol. The van der Waals surface area contributed by atoms with Crippen LogP contribution in [-0.2, 0) is 9.53 Å². The molecule has 1 atom stereocenters. The van der Waals surface area contributed by atoms with Gasteiger partial charge in [-0.3, -0.25) is 0 Å². The first-order valence-electron chi connectivity index (χ1n) is 2.69. The largest absolute Gasteiger partial charge is 0.480 e. The molecule has 55 valence electrons. The van der Waals surface area contributed by atoms with Crippen LogP contribution in [0.15, 0.2) is 0 Å². The molecule has 0 aliphatic carbocycles. The van der Waals surface area contributed by atoms with Gasteiger partial charge in [-0.25, -0.2) is 4.79 Å². The van der Waals surface area contributed by atoms with Gasteiger partial charge in [0, 0.05) is 0 Å². The Balaban J connectivity index is 3.22. The molecular formula is C6H8NO3. The van der Waals surface area contributed by atoms with Gasteiger partial charge in [-0.2, -0.15) is 5.26 Å². The van der Waals surface area contributed by atoms with Gasteiger partial charge in [0.2, 0.25) is 0 Å². The number of nitrogens with zero attached hydrogens (tertiary/aromatic N) is 1. The van der Waals surface area contributed by atoms with Crippen molar-refractivity contribution in [1.29, 1.82) is 5.26 Å². The minimum Gasteiger partial charge on any atom is -0.480 e. The van der Waals surface area contributed by atoms with E-state index in [-0.39, 0.29) is 13.2 Å². The fourth-order valence-corrected chi connectivity index (χ4v) is 0.326. The minimum atomic E-state index is -1.04. The lowest BCUT2D eigenvalue weighted by Crippen LogP contribution is -2.11. The zero-order valence-corrected chi connectivity index (χ0v) is 5.41. The minimum absolute atomic E-state index is 0.0722. The third kappa shape index (κ3) is 5.06. The lowest BCUT2D eigenvalue weighted by molar-refractivity contribution is -0.142. The molecule has 0 aromatic heterocycles. The van der Waals surface area contributed by atoms with Crippen molar-refractivity contribution >= 4 is 5.97 Å². The van der Waals surface area contributed by atoms with E-state index in [4.69, 9.17) is 10.4 Å². The smallest absolute Gasteiger partial charge is 0.329 e. The maximum atomic E-state index is 9.84. The Labute approximate surface area is 59.0 Å². The van der Waals surface area contributed by atoms with Crippen molar-refractivity contribution < 1.29 is 14.6 Å². The molecule has 0 bridgehead atoms. The average Bonchev–Trinajstić information content (AvgIpc) is 1.87. The number of hydrogen-bond donors (Lipinski definition) is 1. The van der Waals surface area contributed by atoms with Crippen LogP contribution in [0.1, 0.15) is 0 Å². The van der Waals surface area contributed by atoms with E-state index in [1.807, 2.05) is 6.07 Å². The number of rotatable bonds is 4. The number of nitriles is 1. The van der Waals surface area contributed by atoms with Crippen molar-refractivity contribution in [3.8, 4) is 6.07 Å². The molecule has 0 aliphatic heterocycles. The van der Waals surface area contributed by atoms with E-state index in [0.717, 1.165) is 0 Å². The van der Waals surface area contributed by atoms with Crippen LogP contribution in [0.3, 0.4) is 0 Å². The molecule has 0 fully saturated rings. The van der Waals surface area contributed by atoms with E-state index in [2.05, 4.69) is 11.7 Å². The highest BCUT2D eigenvalue weighted by molar-refractivity contribution is 5.67. The first kappa shape index (κ1) is 8.92. The van der Waals surface area contributed by atoms with Gasteiger partial charge < -0.3 is 9.84 Å². The fourth-order valence-electron chi connectivity index (χ4n) is 0.326. The first-order chi connectivity index (χ1) is 4.66. The number of carboxylic acid groups (broad SMARTS) is 1. The van der Waals surface area contributed by atoms with Gasteiger partial charge in [-0.05, 0) is 6.92 Å². The van der Waals surface area contributed by atoms with Gasteiger partial charge in [0.05, 0.1) is 18.6 Å². The van der Waals surface area contributed by atoms with Crippen molar-refractivity contribution in [2.24, 2.45) is 5.92 Å². The molecule has 0 aromatic rings. The lowest BCUT2D eigenvalue weighted by Gasteiger charge is -2.00. The molecule has 4 heteroatoms. The van der Waals surface area contributed by atoms with Crippen LogP contribution in [0.4, 0.5) is 0 Å². The molecule has 0 rings (SSSR count). The summed E-state index contributed by atoms with van der Waals surface area (Å²) in [6, 6.07) is 1.81. The summed E-state index contributed by atoms with van der Waals surface area (Å²) >= 11 is 0. The number of aliphatic carboxylic acids is 1. The monoisotopic (exact) mass is 142 g/mol. The summed E-state index contributed by atoms with van der Waals surface area (Å²) in [5.74, 6) is -1.52. The molecule has 10 heavy (non-hydrogen) atoms. The van der Waals surface area contributed by atoms with Crippen LogP contribution in [0.25, 0.3) is 0 Å². The van der Waals surface area contributed by atoms with Crippen LogP contribution in [-0.4, -0.2) is 24.3 Å². The summed E-state index contributed by atoms with van der Waals surface area (Å²) in [7, 11) is 0. The molecule has 0 saturated heterocycles.